The Morgan fingerprint density at radius 1 is 1.12 bits per heavy atom. The fraction of sp³-hybridized carbons (Fsp3) is 0.292. The zero-order chi connectivity index (χ0) is 23.2. The number of aryl methyl sites for hydroxylation is 1. The molecule has 6 heterocycles. The highest BCUT2D eigenvalue weighted by molar-refractivity contribution is 5.80. The summed E-state index contributed by atoms with van der Waals surface area (Å²) in [5.74, 6) is 0.898. The standard InChI is InChI=1S/C24H25N9O/c1-15-14-34-11-10-31(15)22-12-21(33-24(28-22)19(13-27-33)20-6-9-26-29-20)23-16(2)30-32(17(23)3)18-4-7-25-8-5-18/h4-9,12-13,15H,10-11,14H2,1-3H3,(H,26,29)/t15-/m1/s1. The second-order valence-corrected chi connectivity index (χ2v) is 8.54. The lowest BCUT2D eigenvalue weighted by atomic mass is 10.1. The molecule has 5 aromatic rings. The summed E-state index contributed by atoms with van der Waals surface area (Å²) in [4.78, 5) is 11.5. The van der Waals surface area contributed by atoms with Crippen molar-refractivity contribution in [1.82, 2.24) is 39.6 Å². The van der Waals surface area contributed by atoms with Gasteiger partial charge in [-0.1, -0.05) is 0 Å². The highest BCUT2D eigenvalue weighted by Gasteiger charge is 2.25. The molecule has 172 valence electrons. The summed E-state index contributed by atoms with van der Waals surface area (Å²) in [5.41, 5.74) is 7.43. The predicted octanol–water partition coefficient (Wildman–Crippen LogP) is 3.21. The lowest BCUT2D eigenvalue weighted by Crippen LogP contribution is -2.44. The number of rotatable bonds is 4. The van der Waals surface area contributed by atoms with Crippen LogP contribution >= 0.6 is 0 Å². The van der Waals surface area contributed by atoms with E-state index in [0.717, 1.165) is 57.6 Å². The molecule has 10 heteroatoms. The van der Waals surface area contributed by atoms with Crippen LogP contribution in [0.25, 0.3) is 33.8 Å². The third-order valence-corrected chi connectivity index (χ3v) is 6.37. The first-order valence-corrected chi connectivity index (χ1v) is 11.3. The molecule has 1 aliphatic rings. The van der Waals surface area contributed by atoms with Crippen LogP contribution in [0.3, 0.4) is 0 Å². The third kappa shape index (κ3) is 3.26. The first-order chi connectivity index (χ1) is 16.6. The summed E-state index contributed by atoms with van der Waals surface area (Å²) in [5, 5.41) is 16.8. The summed E-state index contributed by atoms with van der Waals surface area (Å²) in [6.07, 6.45) is 7.13. The van der Waals surface area contributed by atoms with Gasteiger partial charge in [0.25, 0.3) is 0 Å². The van der Waals surface area contributed by atoms with E-state index in [1.54, 1.807) is 18.6 Å². The summed E-state index contributed by atoms with van der Waals surface area (Å²) < 4.78 is 9.53. The molecule has 0 unspecified atom stereocenters. The van der Waals surface area contributed by atoms with Crippen molar-refractivity contribution < 1.29 is 4.74 Å². The Morgan fingerprint density at radius 2 is 1.97 bits per heavy atom. The molecule has 0 spiro atoms. The first-order valence-electron chi connectivity index (χ1n) is 11.3. The fourth-order valence-electron chi connectivity index (χ4n) is 4.69. The summed E-state index contributed by atoms with van der Waals surface area (Å²) in [7, 11) is 0. The molecule has 10 nitrogen and oxygen atoms in total. The van der Waals surface area contributed by atoms with E-state index < -0.39 is 0 Å². The van der Waals surface area contributed by atoms with Gasteiger partial charge in [-0.05, 0) is 39.0 Å². The number of hydrogen-bond acceptors (Lipinski definition) is 7. The van der Waals surface area contributed by atoms with Gasteiger partial charge < -0.3 is 9.64 Å². The Morgan fingerprint density at radius 3 is 2.74 bits per heavy atom. The third-order valence-electron chi connectivity index (χ3n) is 6.37. The quantitative estimate of drug-likeness (QED) is 0.444. The van der Waals surface area contributed by atoms with Crippen LogP contribution in [0.4, 0.5) is 5.82 Å². The van der Waals surface area contributed by atoms with Crippen LogP contribution in [-0.4, -0.2) is 65.4 Å². The molecule has 0 radical (unpaired) electrons. The molecule has 1 N–H and O–H groups in total. The highest BCUT2D eigenvalue weighted by Crippen LogP contribution is 2.34. The van der Waals surface area contributed by atoms with Gasteiger partial charge in [-0.25, -0.2) is 14.2 Å². The van der Waals surface area contributed by atoms with E-state index in [1.165, 1.54) is 0 Å². The van der Waals surface area contributed by atoms with E-state index in [4.69, 9.17) is 19.9 Å². The molecule has 5 aromatic heterocycles. The molecule has 1 fully saturated rings. The SMILES string of the molecule is Cc1nn(-c2ccncc2)c(C)c1-c1cc(N2CCOC[C@H]2C)nc2c(-c3ccn[nH]3)cnn12. The van der Waals surface area contributed by atoms with E-state index in [1.807, 2.05) is 40.5 Å². The zero-order valence-electron chi connectivity index (χ0n) is 19.3. The van der Waals surface area contributed by atoms with Crippen LogP contribution < -0.4 is 4.90 Å². The minimum Gasteiger partial charge on any atom is -0.377 e. The van der Waals surface area contributed by atoms with Crippen molar-refractivity contribution in [2.45, 2.75) is 26.8 Å². The number of aromatic amines is 1. The van der Waals surface area contributed by atoms with Crippen LogP contribution in [0.15, 0.2) is 49.1 Å². The van der Waals surface area contributed by atoms with Crippen LogP contribution in [0.1, 0.15) is 18.3 Å². The Balaban J connectivity index is 1.60. The second-order valence-electron chi connectivity index (χ2n) is 8.54. The number of nitrogens with one attached hydrogen (secondary N) is 1. The Labute approximate surface area is 196 Å². The van der Waals surface area contributed by atoms with Gasteiger partial charge in [-0.3, -0.25) is 10.1 Å². The molecule has 6 rings (SSSR count). The fourth-order valence-corrected chi connectivity index (χ4v) is 4.69. The molecule has 0 saturated carbocycles. The largest absolute Gasteiger partial charge is 0.377 e. The maximum absolute atomic E-state index is 5.68. The molecule has 0 aromatic carbocycles. The second kappa shape index (κ2) is 8.07. The smallest absolute Gasteiger partial charge is 0.167 e. The van der Waals surface area contributed by atoms with E-state index in [2.05, 4.69) is 40.0 Å². The van der Waals surface area contributed by atoms with Gasteiger partial charge in [0.15, 0.2) is 5.65 Å². The minimum atomic E-state index is 0.219. The summed E-state index contributed by atoms with van der Waals surface area (Å²) >= 11 is 0. The number of nitrogens with zero attached hydrogens (tertiary/aromatic N) is 8. The van der Waals surface area contributed by atoms with Gasteiger partial charge in [0, 0.05) is 36.8 Å². The van der Waals surface area contributed by atoms with Crippen LogP contribution in [0.5, 0.6) is 0 Å². The Kier molecular flexibility index (Phi) is 4.88. The molecule has 1 saturated heterocycles. The van der Waals surface area contributed by atoms with Gasteiger partial charge in [-0.15, -0.1) is 0 Å². The molecular weight excluding hydrogens is 430 g/mol. The number of aromatic nitrogens is 8. The summed E-state index contributed by atoms with van der Waals surface area (Å²) in [6.45, 7) is 8.41. The van der Waals surface area contributed by atoms with Gasteiger partial charge in [0.1, 0.15) is 5.82 Å². The highest BCUT2D eigenvalue weighted by atomic mass is 16.5. The number of hydrogen-bond donors (Lipinski definition) is 1. The van der Waals surface area contributed by atoms with Gasteiger partial charge in [0.2, 0.25) is 0 Å². The topological polar surface area (TPSA) is 102 Å². The van der Waals surface area contributed by atoms with Crippen LogP contribution in [-0.2, 0) is 4.74 Å². The van der Waals surface area contributed by atoms with E-state index >= 15 is 0 Å². The average molecular weight is 456 g/mol. The number of ether oxygens (including phenoxy) is 1. The zero-order valence-corrected chi connectivity index (χ0v) is 19.3. The number of anilines is 1. The van der Waals surface area contributed by atoms with Crippen molar-refractivity contribution in [2.75, 3.05) is 24.7 Å². The lowest BCUT2D eigenvalue weighted by Gasteiger charge is -2.34. The monoisotopic (exact) mass is 455 g/mol. The molecular formula is C24H25N9O. The average Bonchev–Trinajstić information content (AvgIpc) is 3.58. The number of fused-ring (bicyclic) bond motifs is 1. The lowest BCUT2D eigenvalue weighted by molar-refractivity contribution is 0.0985. The number of pyridine rings is 1. The van der Waals surface area contributed by atoms with Crippen molar-refractivity contribution in [3.05, 3.63) is 60.4 Å². The minimum absolute atomic E-state index is 0.219. The molecule has 0 bridgehead atoms. The normalized spacial score (nSPS) is 16.4. The number of morpholine rings is 1. The predicted molar refractivity (Wildman–Crippen MR) is 128 cm³/mol. The maximum atomic E-state index is 5.68. The Bertz CT molecular complexity index is 1450. The van der Waals surface area contributed by atoms with Crippen molar-refractivity contribution in [3.8, 4) is 28.2 Å². The molecule has 0 amide bonds. The van der Waals surface area contributed by atoms with Crippen LogP contribution in [0.2, 0.25) is 0 Å². The van der Waals surface area contributed by atoms with E-state index in [-0.39, 0.29) is 6.04 Å². The first kappa shape index (κ1) is 20.5. The molecule has 1 atom stereocenters. The maximum Gasteiger partial charge on any atom is 0.167 e. The number of H-pyrrole nitrogens is 1. The molecule has 0 aliphatic carbocycles. The van der Waals surface area contributed by atoms with Gasteiger partial charge in [0.05, 0.1) is 59.5 Å². The summed E-state index contributed by atoms with van der Waals surface area (Å²) in [6, 6.07) is 8.18. The Hall–Kier alpha value is -4.05. The van der Waals surface area contributed by atoms with E-state index in [0.29, 0.717) is 13.2 Å². The van der Waals surface area contributed by atoms with Gasteiger partial charge >= 0.3 is 0 Å². The van der Waals surface area contributed by atoms with Crippen LogP contribution in [0, 0.1) is 13.8 Å². The van der Waals surface area contributed by atoms with Crippen molar-refractivity contribution >= 4 is 11.5 Å². The molecule has 1 aliphatic heterocycles. The van der Waals surface area contributed by atoms with Crippen molar-refractivity contribution in [1.29, 1.82) is 0 Å². The van der Waals surface area contributed by atoms with Gasteiger partial charge in [-0.2, -0.15) is 15.3 Å². The molecule has 34 heavy (non-hydrogen) atoms. The van der Waals surface area contributed by atoms with E-state index in [9.17, 15) is 0 Å². The van der Waals surface area contributed by atoms with Crippen molar-refractivity contribution in [2.24, 2.45) is 0 Å². The van der Waals surface area contributed by atoms with Crippen molar-refractivity contribution in [3.63, 3.8) is 0 Å².